The number of nitrogens with one attached hydrogen (secondary N) is 1. The van der Waals surface area contributed by atoms with Crippen LogP contribution in [-0.2, 0) is 11.8 Å². The van der Waals surface area contributed by atoms with E-state index in [0.717, 1.165) is 5.69 Å². The molecule has 0 aliphatic rings. The first-order chi connectivity index (χ1) is 8.16. The first-order valence-corrected chi connectivity index (χ1v) is 5.18. The van der Waals surface area contributed by atoms with Crippen molar-refractivity contribution in [3.8, 4) is 0 Å². The van der Waals surface area contributed by atoms with E-state index in [4.69, 9.17) is 4.42 Å². The Balaban J connectivity index is 2.00. The van der Waals surface area contributed by atoms with Crippen LogP contribution in [0.2, 0.25) is 0 Å². The zero-order chi connectivity index (χ0) is 12.3. The monoisotopic (exact) mass is 231 g/mol. The van der Waals surface area contributed by atoms with Crippen LogP contribution in [0.15, 0.2) is 35.1 Å². The quantitative estimate of drug-likeness (QED) is 0.821. The van der Waals surface area contributed by atoms with Gasteiger partial charge in [-0.3, -0.25) is 9.48 Å². The largest absolute Gasteiger partial charge is 0.465 e. The number of hydrogen-bond acceptors (Lipinski definition) is 3. The molecule has 5 heteroatoms. The molecule has 2 aromatic rings. The van der Waals surface area contributed by atoms with Crippen LogP contribution in [0.1, 0.15) is 11.5 Å². The fourth-order valence-corrected chi connectivity index (χ4v) is 1.34. The summed E-state index contributed by atoms with van der Waals surface area (Å²) in [5.74, 6) is 0.431. The van der Waals surface area contributed by atoms with E-state index in [1.807, 2.05) is 14.0 Å². The van der Waals surface area contributed by atoms with Crippen molar-refractivity contribution in [1.29, 1.82) is 0 Å². The van der Waals surface area contributed by atoms with E-state index < -0.39 is 0 Å². The van der Waals surface area contributed by atoms with E-state index in [1.54, 1.807) is 35.4 Å². The van der Waals surface area contributed by atoms with E-state index in [1.165, 1.54) is 6.08 Å². The number of amides is 1. The van der Waals surface area contributed by atoms with E-state index in [2.05, 4.69) is 10.4 Å². The minimum absolute atomic E-state index is 0.211. The Labute approximate surface area is 98.7 Å². The number of aryl methyl sites for hydroxylation is 1. The summed E-state index contributed by atoms with van der Waals surface area (Å²) >= 11 is 0. The number of anilines is 1. The fourth-order valence-electron chi connectivity index (χ4n) is 1.34. The summed E-state index contributed by atoms with van der Waals surface area (Å²) in [6, 6.07) is 3.54. The Kier molecular flexibility index (Phi) is 3.09. The first kappa shape index (κ1) is 11.2. The highest BCUT2D eigenvalue weighted by molar-refractivity contribution is 6.01. The molecular weight excluding hydrogens is 218 g/mol. The molecule has 5 nitrogen and oxygen atoms in total. The maximum Gasteiger partial charge on any atom is 0.248 e. The van der Waals surface area contributed by atoms with Crippen molar-refractivity contribution in [2.45, 2.75) is 6.92 Å². The molecule has 1 N–H and O–H groups in total. The van der Waals surface area contributed by atoms with Gasteiger partial charge >= 0.3 is 0 Å². The minimum Gasteiger partial charge on any atom is -0.465 e. The average molecular weight is 231 g/mol. The second-order valence-corrected chi connectivity index (χ2v) is 3.61. The number of carbonyl (C=O) groups is 1. The molecule has 2 aromatic heterocycles. The zero-order valence-electron chi connectivity index (χ0n) is 9.68. The van der Waals surface area contributed by atoms with E-state index in [0.29, 0.717) is 11.4 Å². The lowest BCUT2D eigenvalue weighted by molar-refractivity contribution is -0.111. The van der Waals surface area contributed by atoms with Crippen molar-refractivity contribution in [2.75, 3.05) is 5.32 Å². The third-order valence-corrected chi connectivity index (χ3v) is 2.44. The molecule has 2 heterocycles. The lowest BCUT2D eigenvalue weighted by Crippen LogP contribution is -2.08. The van der Waals surface area contributed by atoms with Gasteiger partial charge in [0.2, 0.25) is 5.91 Å². The van der Waals surface area contributed by atoms with Gasteiger partial charge in [-0.25, -0.2) is 0 Å². The molecule has 2 rings (SSSR count). The molecule has 0 aliphatic carbocycles. The van der Waals surface area contributed by atoms with Crippen LogP contribution in [0.3, 0.4) is 0 Å². The topological polar surface area (TPSA) is 60.1 Å². The molecule has 1 amide bonds. The predicted molar refractivity (Wildman–Crippen MR) is 64.3 cm³/mol. The molecule has 0 saturated heterocycles. The predicted octanol–water partition coefficient (Wildman–Crippen LogP) is 1.97. The molecular formula is C12H13N3O2. The summed E-state index contributed by atoms with van der Waals surface area (Å²) in [6.07, 6.45) is 6.21. The van der Waals surface area contributed by atoms with Gasteiger partial charge in [-0.05, 0) is 25.1 Å². The zero-order valence-corrected chi connectivity index (χ0v) is 9.68. The fraction of sp³-hybridized carbons (Fsp3) is 0.167. The highest BCUT2D eigenvalue weighted by Crippen LogP contribution is 2.12. The van der Waals surface area contributed by atoms with Gasteiger partial charge in [0.15, 0.2) is 0 Å². The number of carbonyl (C=O) groups excluding carboxylic acids is 1. The third kappa shape index (κ3) is 2.63. The van der Waals surface area contributed by atoms with Crippen molar-refractivity contribution < 1.29 is 9.21 Å². The van der Waals surface area contributed by atoms with Crippen molar-refractivity contribution in [1.82, 2.24) is 9.78 Å². The maximum absolute atomic E-state index is 11.6. The summed E-state index contributed by atoms with van der Waals surface area (Å²) in [5.41, 5.74) is 1.62. The summed E-state index contributed by atoms with van der Waals surface area (Å²) in [6.45, 7) is 1.89. The smallest absolute Gasteiger partial charge is 0.248 e. The van der Waals surface area contributed by atoms with Crippen LogP contribution in [0.5, 0.6) is 0 Å². The van der Waals surface area contributed by atoms with E-state index >= 15 is 0 Å². The highest BCUT2D eigenvalue weighted by Gasteiger charge is 2.05. The van der Waals surface area contributed by atoms with E-state index in [-0.39, 0.29) is 5.91 Å². The summed E-state index contributed by atoms with van der Waals surface area (Å²) in [5, 5.41) is 6.78. The number of nitrogens with zero attached hydrogens (tertiary/aromatic N) is 2. The summed E-state index contributed by atoms with van der Waals surface area (Å²) in [7, 11) is 1.82. The van der Waals surface area contributed by atoms with Gasteiger partial charge in [0, 0.05) is 13.1 Å². The summed E-state index contributed by atoms with van der Waals surface area (Å²) in [4.78, 5) is 11.6. The van der Waals surface area contributed by atoms with Crippen molar-refractivity contribution in [2.24, 2.45) is 7.05 Å². The Bertz CT molecular complexity index is 538. The second kappa shape index (κ2) is 4.69. The van der Waals surface area contributed by atoms with Gasteiger partial charge in [-0.1, -0.05) is 0 Å². The molecule has 0 aliphatic heterocycles. The van der Waals surface area contributed by atoms with Gasteiger partial charge < -0.3 is 9.73 Å². The number of hydrogen-bond donors (Lipinski definition) is 1. The number of aromatic nitrogens is 2. The molecule has 0 fully saturated rings. The third-order valence-electron chi connectivity index (χ3n) is 2.44. The Morgan fingerprint density at radius 1 is 1.59 bits per heavy atom. The SMILES string of the molecule is Cc1c(NC(=O)C=Cc2ccco2)cnn1C. The van der Waals surface area contributed by atoms with Crippen LogP contribution >= 0.6 is 0 Å². The van der Waals surface area contributed by atoms with Crippen molar-refractivity contribution in [3.05, 3.63) is 42.1 Å². The van der Waals surface area contributed by atoms with Crippen molar-refractivity contribution >= 4 is 17.7 Å². The Hall–Kier alpha value is -2.30. The molecule has 88 valence electrons. The van der Waals surface area contributed by atoms with Gasteiger partial charge in [0.1, 0.15) is 5.76 Å². The molecule has 0 saturated carbocycles. The molecule has 0 aromatic carbocycles. The van der Waals surface area contributed by atoms with Gasteiger partial charge in [0.25, 0.3) is 0 Å². The molecule has 17 heavy (non-hydrogen) atoms. The highest BCUT2D eigenvalue weighted by atomic mass is 16.3. The van der Waals surface area contributed by atoms with Crippen LogP contribution in [0.25, 0.3) is 6.08 Å². The lowest BCUT2D eigenvalue weighted by atomic mass is 10.3. The standard InChI is InChI=1S/C12H13N3O2/c1-9-11(8-13-15(9)2)14-12(16)6-5-10-4-3-7-17-10/h3-8H,1-2H3,(H,14,16). The molecule has 0 atom stereocenters. The van der Waals surface area contributed by atoms with Crippen LogP contribution in [0, 0.1) is 6.92 Å². The summed E-state index contributed by atoms with van der Waals surface area (Å²) < 4.78 is 6.78. The van der Waals surface area contributed by atoms with Crippen LogP contribution in [-0.4, -0.2) is 15.7 Å². The number of furan rings is 1. The number of rotatable bonds is 3. The first-order valence-electron chi connectivity index (χ1n) is 5.18. The molecule has 0 bridgehead atoms. The van der Waals surface area contributed by atoms with Gasteiger partial charge in [-0.15, -0.1) is 0 Å². The van der Waals surface area contributed by atoms with Crippen LogP contribution < -0.4 is 5.32 Å². The van der Waals surface area contributed by atoms with E-state index in [9.17, 15) is 4.79 Å². The molecule has 0 unspecified atom stereocenters. The average Bonchev–Trinajstić information content (AvgIpc) is 2.92. The van der Waals surface area contributed by atoms with Gasteiger partial charge in [0.05, 0.1) is 23.8 Å². The van der Waals surface area contributed by atoms with Crippen LogP contribution in [0.4, 0.5) is 5.69 Å². The molecule has 0 radical (unpaired) electrons. The van der Waals surface area contributed by atoms with Gasteiger partial charge in [-0.2, -0.15) is 5.10 Å². The molecule has 0 spiro atoms. The lowest BCUT2D eigenvalue weighted by Gasteiger charge is -2.00. The normalized spacial score (nSPS) is 10.9. The Morgan fingerprint density at radius 2 is 2.41 bits per heavy atom. The maximum atomic E-state index is 11.6. The Morgan fingerprint density at radius 3 is 3.00 bits per heavy atom. The second-order valence-electron chi connectivity index (χ2n) is 3.61. The van der Waals surface area contributed by atoms with Crippen molar-refractivity contribution in [3.63, 3.8) is 0 Å². The minimum atomic E-state index is -0.211.